The monoisotopic (exact) mass is 189 g/mol. The van der Waals surface area contributed by atoms with Crippen molar-refractivity contribution in [1.82, 2.24) is 5.32 Å². The third-order valence-corrected chi connectivity index (χ3v) is 2.76. The molecule has 0 radical (unpaired) electrons. The van der Waals surface area contributed by atoms with Crippen LogP contribution in [0.1, 0.15) is 33.6 Å². The van der Waals surface area contributed by atoms with Gasteiger partial charge in [-0.3, -0.25) is 0 Å². The Morgan fingerprint density at radius 1 is 1.46 bits per heavy atom. The number of aliphatic hydroxyl groups is 2. The van der Waals surface area contributed by atoms with Gasteiger partial charge in [-0.15, -0.1) is 0 Å². The first-order valence-electron chi connectivity index (χ1n) is 4.99. The van der Waals surface area contributed by atoms with Crippen LogP contribution in [0.2, 0.25) is 0 Å². The van der Waals surface area contributed by atoms with E-state index in [0.29, 0.717) is 13.0 Å². The van der Waals surface area contributed by atoms with Crippen molar-refractivity contribution in [1.29, 1.82) is 0 Å². The molecule has 0 heterocycles. The Kier molecular flexibility index (Phi) is 5.53. The van der Waals surface area contributed by atoms with Crippen LogP contribution < -0.4 is 5.32 Å². The molecule has 0 rings (SSSR count). The number of nitrogens with one attached hydrogen (secondary N) is 1. The topological polar surface area (TPSA) is 52.5 Å². The van der Waals surface area contributed by atoms with Crippen LogP contribution in [0.5, 0.6) is 0 Å². The number of hydrogen-bond acceptors (Lipinski definition) is 3. The minimum atomic E-state index is -0.759. The quantitative estimate of drug-likeness (QED) is 0.578. The summed E-state index contributed by atoms with van der Waals surface area (Å²) in [6.07, 6.45) is 0.899. The summed E-state index contributed by atoms with van der Waals surface area (Å²) < 4.78 is 0. The molecule has 0 saturated heterocycles. The van der Waals surface area contributed by atoms with Gasteiger partial charge in [-0.25, -0.2) is 0 Å². The highest BCUT2D eigenvalue weighted by molar-refractivity contribution is 4.81. The van der Waals surface area contributed by atoms with E-state index in [-0.39, 0.29) is 5.92 Å². The molecule has 0 aromatic rings. The molecular weight excluding hydrogens is 166 g/mol. The molecule has 0 aliphatic carbocycles. The highest BCUT2D eigenvalue weighted by atomic mass is 16.3. The van der Waals surface area contributed by atoms with Crippen molar-refractivity contribution in [3.8, 4) is 0 Å². The Hall–Kier alpha value is -0.120. The van der Waals surface area contributed by atoms with Gasteiger partial charge in [-0.1, -0.05) is 20.3 Å². The zero-order valence-electron chi connectivity index (χ0n) is 9.17. The van der Waals surface area contributed by atoms with Crippen LogP contribution in [-0.4, -0.2) is 35.5 Å². The van der Waals surface area contributed by atoms with Crippen molar-refractivity contribution in [3.05, 3.63) is 0 Å². The van der Waals surface area contributed by atoms with Crippen molar-refractivity contribution in [3.63, 3.8) is 0 Å². The lowest BCUT2D eigenvalue weighted by Crippen LogP contribution is -2.39. The van der Waals surface area contributed by atoms with E-state index in [2.05, 4.69) is 5.32 Å². The minimum absolute atomic E-state index is 0.221. The largest absolute Gasteiger partial charge is 0.392 e. The van der Waals surface area contributed by atoms with Gasteiger partial charge in [0.2, 0.25) is 0 Å². The zero-order chi connectivity index (χ0) is 10.5. The second-order valence-electron chi connectivity index (χ2n) is 4.08. The Morgan fingerprint density at radius 3 is 2.38 bits per heavy atom. The van der Waals surface area contributed by atoms with E-state index in [4.69, 9.17) is 0 Å². The maximum Gasteiger partial charge on any atom is 0.0691 e. The van der Waals surface area contributed by atoms with Gasteiger partial charge in [0.15, 0.2) is 0 Å². The Balaban J connectivity index is 3.99. The molecule has 3 atom stereocenters. The summed E-state index contributed by atoms with van der Waals surface area (Å²) in [4.78, 5) is 0. The summed E-state index contributed by atoms with van der Waals surface area (Å²) >= 11 is 0. The van der Waals surface area contributed by atoms with Crippen molar-refractivity contribution < 1.29 is 10.2 Å². The fourth-order valence-corrected chi connectivity index (χ4v) is 1.43. The average molecular weight is 189 g/mol. The SMILES string of the molecule is CC[C@H](C)[C@](C)(O)C[C@H](O)CNC. The van der Waals surface area contributed by atoms with Crippen molar-refractivity contribution in [2.45, 2.75) is 45.3 Å². The Bertz CT molecular complexity index is 137. The van der Waals surface area contributed by atoms with Gasteiger partial charge in [0.25, 0.3) is 0 Å². The molecule has 0 aliphatic heterocycles. The van der Waals surface area contributed by atoms with E-state index < -0.39 is 11.7 Å². The van der Waals surface area contributed by atoms with Crippen LogP contribution >= 0.6 is 0 Å². The van der Waals surface area contributed by atoms with E-state index in [1.165, 1.54) is 0 Å². The third-order valence-electron chi connectivity index (χ3n) is 2.76. The molecule has 0 fully saturated rings. The van der Waals surface area contributed by atoms with E-state index in [1.807, 2.05) is 13.8 Å². The fraction of sp³-hybridized carbons (Fsp3) is 1.00. The van der Waals surface area contributed by atoms with Crippen LogP contribution in [0.3, 0.4) is 0 Å². The summed E-state index contributed by atoms with van der Waals surface area (Å²) in [7, 11) is 1.79. The van der Waals surface area contributed by atoms with E-state index in [1.54, 1.807) is 14.0 Å². The van der Waals surface area contributed by atoms with Gasteiger partial charge in [0.05, 0.1) is 11.7 Å². The number of aliphatic hydroxyl groups excluding tert-OH is 1. The molecule has 3 N–H and O–H groups in total. The molecule has 80 valence electrons. The first-order valence-corrected chi connectivity index (χ1v) is 4.99. The molecule has 0 unspecified atom stereocenters. The minimum Gasteiger partial charge on any atom is -0.392 e. The van der Waals surface area contributed by atoms with Gasteiger partial charge in [-0.2, -0.15) is 0 Å². The second-order valence-corrected chi connectivity index (χ2v) is 4.08. The summed E-state index contributed by atoms with van der Waals surface area (Å²) in [6.45, 7) is 6.38. The Labute approximate surface area is 81.2 Å². The van der Waals surface area contributed by atoms with Crippen LogP contribution in [0, 0.1) is 5.92 Å². The molecule has 0 saturated carbocycles. The molecule has 13 heavy (non-hydrogen) atoms. The number of hydrogen-bond donors (Lipinski definition) is 3. The van der Waals surface area contributed by atoms with Crippen LogP contribution in [0.15, 0.2) is 0 Å². The van der Waals surface area contributed by atoms with E-state index >= 15 is 0 Å². The molecule has 3 nitrogen and oxygen atoms in total. The lowest BCUT2D eigenvalue weighted by Gasteiger charge is -2.31. The van der Waals surface area contributed by atoms with Crippen molar-refractivity contribution in [2.75, 3.05) is 13.6 Å². The third kappa shape index (κ3) is 4.60. The predicted octanol–water partition coefficient (Wildman–Crippen LogP) is 0.754. The average Bonchev–Trinajstić information content (AvgIpc) is 2.02. The number of likely N-dealkylation sites (N-methyl/N-ethyl adjacent to an activating group) is 1. The van der Waals surface area contributed by atoms with Gasteiger partial charge >= 0.3 is 0 Å². The molecule has 3 heteroatoms. The lowest BCUT2D eigenvalue weighted by atomic mass is 9.84. The number of rotatable bonds is 6. The summed E-state index contributed by atoms with van der Waals surface area (Å²) in [6, 6.07) is 0. The fourth-order valence-electron chi connectivity index (χ4n) is 1.43. The van der Waals surface area contributed by atoms with E-state index in [0.717, 1.165) is 6.42 Å². The standard InChI is InChI=1S/C10H23NO2/c1-5-8(2)10(3,13)6-9(12)7-11-4/h8-9,11-13H,5-7H2,1-4H3/t8-,9-,10+/m0/s1. The molecule has 0 amide bonds. The summed E-state index contributed by atoms with van der Waals surface area (Å²) in [5, 5.41) is 22.4. The van der Waals surface area contributed by atoms with Crippen molar-refractivity contribution >= 4 is 0 Å². The zero-order valence-corrected chi connectivity index (χ0v) is 9.17. The first-order chi connectivity index (χ1) is 5.94. The van der Waals surface area contributed by atoms with Gasteiger partial charge in [0.1, 0.15) is 0 Å². The maximum atomic E-state index is 9.99. The molecular formula is C10H23NO2. The molecule has 0 spiro atoms. The van der Waals surface area contributed by atoms with Crippen LogP contribution in [-0.2, 0) is 0 Å². The van der Waals surface area contributed by atoms with Gasteiger partial charge in [-0.05, 0) is 19.9 Å². The smallest absolute Gasteiger partial charge is 0.0691 e. The second kappa shape index (κ2) is 5.58. The molecule has 0 aromatic heterocycles. The van der Waals surface area contributed by atoms with Gasteiger partial charge < -0.3 is 15.5 Å². The summed E-state index contributed by atoms with van der Waals surface area (Å²) in [5.41, 5.74) is -0.759. The lowest BCUT2D eigenvalue weighted by molar-refractivity contribution is -0.0364. The normalized spacial score (nSPS) is 20.8. The van der Waals surface area contributed by atoms with Crippen molar-refractivity contribution in [2.24, 2.45) is 5.92 Å². The first kappa shape index (κ1) is 12.9. The van der Waals surface area contributed by atoms with Crippen LogP contribution in [0.25, 0.3) is 0 Å². The maximum absolute atomic E-state index is 9.99. The predicted molar refractivity (Wildman–Crippen MR) is 54.6 cm³/mol. The molecule has 0 aromatic carbocycles. The highest BCUT2D eigenvalue weighted by Crippen LogP contribution is 2.24. The van der Waals surface area contributed by atoms with E-state index in [9.17, 15) is 10.2 Å². The Morgan fingerprint density at radius 2 is 2.00 bits per heavy atom. The molecule has 0 aliphatic rings. The van der Waals surface area contributed by atoms with Crippen LogP contribution in [0.4, 0.5) is 0 Å². The highest BCUT2D eigenvalue weighted by Gasteiger charge is 2.29. The van der Waals surface area contributed by atoms with Gasteiger partial charge in [0, 0.05) is 13.0 Å². The molecule has 0 bridgehead atoms. The summed E-state index contributed by atoms with van der Waals surface area (Å²) in [5.74, 6) is 0.221.